The van der Waals surface area contributed by atoms with E-state index in [-0.39, 0.29) is 46.3 Å². The third-order valence-corrected chi connectivity index (χ3v) is 6.12. The Morgan fingerprint density at radius 3 is 1.59 bits per heavy atom. The quantitative estimate of drug-likeness (QED) is 0.199. The van der Waals surface area contributed by atoms with Gasteiger partial charge in [-0.05, 0) is 36.0 Å². The topological polar surface area (TPSA) is 129 Å². The molecular weight excluding hydrogens is 398 g/mol. The van der Waals surface area contributed by atoms with Crippen LogP contribution in [-0.2, 0) is 10.4 Å². The molecule has 0 unspecified atom stereocenters. The summed E-state index contributed by atoms with van der Waals surface area (Å²) in [7, 11) is -5.67. The largest absolute Gasteiger partial charge is 1.00 e. The van der Waals surface area contributed by atoms with Gasteiger partial charge in [0.05, 0.1) is 0 Å². The summed E-state index contributed by atoms with van der Waals surface area (Å²) in [5, 5.41) is 3.16. The third kappa shape index (κ3) is 7.33. The Morgan fingerprint density at radius 1 is 0.704 bits per heavy atom. The molecule has 3 aromatic carbocycles. The Bertz CT molecular complexity index is 883. The Hall–Kier alpha value is -1.28. The van der Waals surface area contributed by atoms with Gasteiger partial charge in [-0.1, -0.05) is 72.8 Å². The molecule has 6 nitrogen and oxygen atoms in total. The minimum absolute atomic E-state index is 0. The molecule has 0 aliphatic heterocycles. The minimum atomic E-state index is -4.79. The first-order chi connectivity index (χ1) is 11.5. The van der Waals surface area contributed by atoms with E-state index in [0.29, 0.717) is 0 Å². The molecule has 4 N–H and O–H groups in total. The van der Waals surface area contributed by atoms with E-state index in [9.17, 15) is 13.0 Å². The van der Waals surface area contributed by atoms with E-state index in [1.54, 1.807) is 12.1 Å². The van der Waals surface area contributed by atoms with Gasteiger partial charge in [0.2, 0.25) is 0 Å². The first kappa shape index (κ1) is 25.7. The van der Waals surface area contributed by atoms with Gasteiger partial charge in [0.25, 0.3) is 10.4 Å². The molecular formula is C18H18NaO6PS. The van der Waals surface area contributed by atoms with E-state index >= 15 is 0 Å². The van der Waals surface area contributed by atoms with E-state index in [0.717, 1.165) is 15.9 Å². The van der Waals surface area contributed by atoms with Crippen molar-refractivity contribution in [2.45, 2.75) is 0 Å². The zero-order valence-electron chi connectivity index (χ0n) is 14.6. The molecule has 0 aromatic heterocycles. The summed E-state index contributed by atoms with van der Waals surface area (Å²) in [4.78, 5) is 0. The van der Waals surface area contributed by atoms with E-state index in [1.165, 1.54) is 6.07 Å². The Balaban J connectivity index is 0.00000225. The number of hydrogen-bond donors (Lipinski definition) is 0. The van der Waals surface area contributed by atoms with Crippen molar-refractivity contribution in [1.29, 1.82) is 0 Å². The summed E-state index contributed by atoms with van der Waals surface area (Å²) in [6.07, 6.45) is 0. The van der Waals surface area contributed by atoms with E-state index in [1.807, 2.05) is 66.7 Å². The van der Waals surface area contributed by atoms with Crippen molar-refractivity contribution in [2.75, 3.05) is 0 Å². The number of rotatable bonds is 5. The van der Waals surface area contributed by atoms with Gasteiger partial charge in [0, 0.05) is 0 Å². The van der Waals surface area contributed by atoms with Crippen molar-refractivity contribution in [2.24, 2.45) is 0 Å². The number of benzene rings is 3. The molecule has 0 bridgehead atoms. The van der Waals surface area contributed by atoms with Gasteiger partial charge in [-0.3, -0.25) is 0 Å². The average Bonchev–Trinajstić information content (AvgIpc) is 2.56. The van der Waals surface area contributed by atoms with Gasteiger partial charge < -0.3 is 19.7 Å². The fourth-order valence-corrected chi connectivity index (χ4v) is 5.06. The molecule has 0 aliphatic rings. The molecule has 0 aliphatic carbocycles. The van der Waals surface area contributed by atoms with Crippen LogP contribution < -0.4 is 49.7 Å². The molecule has 0 saturated heterocycles. The predicted octanol–water partition coefficient (Wildman–Crippen LogP) is -2.36. The first-order valence-electron chi connectivity index (χ1n) is 7.18. The minimum Gasteiger partial charge on any atom is -0.716 e. The molecule has 0 spiro atoms. The molecule has 0 amide bonds. The van der Waals surface area contributed by atoms with Crippen LogP contribution in [0.2, 0.25) is 0 Å². The Labute approximate surface area is 181 Å². The predicted molar refractivity (Wildman–Crippen MR) is 103 cm³/mol. The maximum Gasteiger partial charge on any atom is 1.00 e. The summed E-state index contributed by atoms with van der Waals surface area (Å²) in [5.74, 6) is 0.0295. The van der Waals surface area contributed by atoms with Crippen LogP contribution in [0.5, 0.6) is 5.75 Å². The van der Waals surface area contributed by atoms with Crippen molar-refractivity contribution in [3.63, 3.8) is 0 Å². The summed E-state index contributed by atoms with van der Waals surface area (Å²) >= 11 is 0. The summed E-state index contributed by atoms with van der Waals surface area (Å²) in [5.41, 5.74) is 0. The molecule has 3 aromatic rings. The monoisotopic (exact) mass is 416 g/mol. The Morgan fingerprint density at radius 2 is 1.15 bits per heavy atom. The molecule has 138 valence electrons. The second kappa shape index (κ2) is 11.5. The van der Waals surface area contributed by atoms with Crippen LogP contribution >= 0.6 is 7.92 Å². The van der Waals surface area contributed by atoms with Gasteiger partial charge in [0.1, 0.15) is 5.75 Å². The third-order valence-electron chi connectivity index (χ3n) is 3.30. The fourth-order valence-electron chi connectivity index (χ4n) is 2.39. The maximum atomic E-state index is 10.8. The second-order valence-corrected chi connectivity index (χ2v) is 8.20. The summed E-state index contributed by atoms with van der Waals surface area (Å²) in [6.45, 7) is 0. The molecule has 0 radical (unpaired) electrons. The van der Waals surface area contributed by atoms with E-state index < -0.39 is 18.3 Å². The number of hydrogen-bond acceptors (Lipinski definition) is 4. The standard InChI is InChI=1S/C18H15O4PS.Na.2H2O/c19-24(20,21)22-15-8-7-13-18(14-15)23(16-9-3-1-4-10-16)17-11-5-2-6-12-17;;;/h1-14H,(H,19,20,21);;2*1H2/q;+1;;/p-1. The van der Waals surface area contributed by atoms with Gasteiger partial charge >= 0.3 is 29.6 Å². The van der Waals surface area contributed by atoms with Gasteiger partial charge in [-0.15, -0.1) is 0 Å². The van der Waals surface area contributed by atoms with Crippen molar-refractivity contribution in [1.82, 2.24) is 0 Å². The molecule has 0 fully saturated rings. The molecule has 27 heavy (non-hydrogen) atoms. The van der Waals surface area contributed by atoms with Crippen molar-refractivity contribution in [3.05, 3.63) is 84.9 Å². The van der Waals surface area contributed by atoms with E-state index in [2.05, 4.69) is 4.18 Å². The summed E-state index contributed by atoms with van der Waals surface area (Å²) in [6, 6.07) is 26.6. The van der Waals surface area contributed by atoms with Crippen LogP contribution in [-0.4, -0.2) is 23.9 Å². The molecule has 9 heteroatoms. The fraction of sp³-hybridized carbons (Fsp3) is 0. The van der Waals surface area contributed by atoms with Crippen LogP contribution in [0.1, 0.15) is 0 Å². The summed E-state index contributed by atoms with van der Waals surface area (Å²) < 4.78 is 37.0. The van der Waals surface area contributed by atoms with E-state index in [4.69, 9.17) is 0 Å². The molecule has 0 saturated carbocycles. The van der Waals surface area contributed by atoms with Crippen LogP contribution in [0, 0.1) is 0 Å². The van der Waals surface area contributed by atoms with Crippen LogP contribution in [0.25, 0.3) is 0 Å². The van der Waals surface area contributed by atoms with Gasteiger partial charge in [0.15, 0.2) is 0 Å². The zero-order chi connectivity index (χ0) is 17.0. The van der Waals surface area contributed by atoms with Crippen LogP contribution in [0.3, 0.4) is 0 Å². The average molecular weight is 416 g/mol. The molecule has 0 heterocycles. The van der Waals surface area contributed by atoms with Crippen LogP contribution in [0.15, 0.2) is 84.9 Å². The van der Waals surface area contributed by atoms with Gasteiger partial charge in [-0.2, -0.15) is 0 Å². The SMILES string of the molecule is O.O.O=S(=O)([O-])Oc1cccc(P(c2ccccc2)c2ccccc2)c1.[Na+]. The smallest absolute Gasteiger partial charge is 0.716 e. The van der Waals surface area contributed by atoms with Crippen molar-refractivity contribution in [3.8, 4) is 5.75 Å². The van der Waals surface area contributed by atoms with Gasteiger partial charge in [-0.25, -0.2) is 8.42 Å². The normalized spacial score (nSPS) is 10.1. The van der Waals surface area contributed by atoms with Crippen molar-refractivity contribution < 1.29 is 57.7 Å². The van der Waals surface area contributed by atoms with Crippen molar-refractivity contribution >= 4 is 34.2 Å². The first-order valence-corrected chi connectivity index (χ1v) is 9.86. The molecule has 3 rings (SSSR count). The zero-order valence-corrected chi connectivity index (χ0v) is 18.3. The second-order valence-electron chi connectivity index (χ2n) is 5.00. The molecule has 0 atom stereocenters. The Kier molecular flexibility index (Phi) is 11.0. The maximum absolute atomic E-state index is 10.8. The van der Waals surface area contributed by atoms with Crippen LogP contribution in [0.4, 0.5) is 0 Å².